The monoisotopic (exact) mass is 574 g/mol. The fraction of sp³-hybridized carbons (Fsp3) is 0.206. The molecular formula is C34H34N6O3. The number of benzene rings is 3. The lowest BCUT2D eigenvalue weighted by molar-refractivity contribution is 0.272. The third kappa shape index (κ3) is 5.37. The van der Waals surface area contributed by atoms with Gasteiger partial charge in [-0.2, -0.15) is 15.3 Å². The third-order valence-electron chi connectivity index (χ3n) is 7.58. The van der Waals surface area contributed by atoms with Gasteiger partial charge in [0.2, 0.25) is 6.29 Å². The Morgan fingerprint density at radius 3 is 0.930 bits per heavy atom. The summed E-state index contributed by atoms with van der Waals surface area (Å²) >= 11 is 0. The SMILES string of the molecule is COc1ccc(-c2cc(C)n(C(n3nc(-c4ccc(OC)cc4)cc3C)n3nc(-c4ccc(OC)cc4)cc3C)n2)cc1. The Bertz CT molecular complexity index is 1630. The molecule has 6 rings (SSSR count). The smallest absolute Gasteiger partial charge is 0.238 e. The van der Waals surface area contributed by atoms with Gasteiger partial charge in [0.15, 0.2) is 0 Å². The fourth-order valence-corrected chi connectivity index (χ4v) is 5.18. The number of hydrogen-bond donors (Lipinski definition) is 0. The van der Waals surface area contributed by atoms with Gasteiger partial charge in [0.1, 0.15) is 17.2 Å². The summed E-state index contributed by atoms with van der Waals surface area (Å²) in [7, 11) is 4.99. The van der Waals surface area contributed by atoms with Gasteiger partial charge >= 0.3 is 0 Å². The molecule has 6 aromatic rings. The van der Waals surface area contributed by atoms with Crippen LogP contribution in [0.5, 0.6) is 17.2 Å². The van der Waals surface area contributed by atoms with Crippen LogP contribution in [-0.4, -0.2) is 50.7 Å². The predicted octanol–water partition coefficient (Wildman–Crippen LogP) is 6.78. The van der Waals surface area contributed by atoms with Gasteiger partial charge in [-0.05, 0) is 112 Å². The zero-order chi connectivity index (χ0) is 30.1. The number of aromatic nitrogens is 6. The van der Waals surface area contributed by atoms with Crippen LogP contribution >= 0.6 is 0 Å². The quantitative estimate of drug-likeness (QED) is 0.189. The maximum atomic E-state index is 5.35. The summed E-state index contributed by atoms with van der Waals surface area (Å²) in [5.41, 5.74) is 8.45. The standard InChI is InChI=1S/C34H34N6O3/c1-22-19-31(25-7-13-28(41-4)14-8-25)35-38(22)34(39-23(2)20-32(36-39)26-9-15-29(42-5)16-10-26)40-24(3)21-33(37-40)27-11-17-30(43-6)18-12-27/h7-21,34H,1-6H3. The van der Waals surface area contributed by atoms with Gasteiger partial charge in [-0.25, -0.2) is 14.0 Å². The van der Waals surface area contributed by atoms with Gasteiger partial charge in [-0.1, -0.05) is 0 Å². The van der Waals surface area contributed by atoms with Crippen molar-refractivity contribution >= 4 is 0 Å². The van der Waals surface area contributed by atoms with Crippen molar-refractivity contribution in [1.29, 1.82) is 0 Å². The first-order valence-electron chi connectivity index (χ1n) is 14.0. The van der Waals surface area contributed by atoms with Crippen LogP contribution in [-0.2, 0) is 0 Å². The van der Waals surface area contributed by atoms with Crippen LogP contribution in [0.15, 0.2) is 91.0 Å². The lowest BCUT2D eigenvalue weighted by Crippen LogP contribution is -2.31. The van der Waals surface area contributed by atoms with Crippen molar-refractivity contribution in [3.63, 3.8) is 0 Å². The van der Waals surface area contributed by atoms with Gasteiger partial charge in [-0.15, -0.1) is 0 Å². The highest BCUT2D eigenvalue weighted by Crippen LogP contribution is 2.30. The molecule has 0 aliphatic rings. The minimum Gasteiger partial charge on any atom is -0.497 e. The lowest BCUT2D eigenvalue weighted by Gasteiger charge is -2.23. The Balaban J connectivity index is 1.48. The molecular weight excluding hydrogens is 540 g/mol. The first-order valence-corrected chi connectivity index (χ1v) is 14.0. The van der Waals surface area contributed by atoms with E-state index in [0.29, 0.717) is 0 Å². The van der Waals surface area contributed by atoms with Crippen LogP contribution in [0.2, 0.25) is 0 Å². The molecule has 0 aliphatic carbocycles. The molecule has 0 aliphatic heterocycles. The molecule has 218 valence electrons. The molecule has 0 saturated heterocycles. The summed E-state index contributed by atoms with van der Waals surface area (Å²) in [5, 5.41) is 15.3. The highest BCUT2D eigenvalue weighted by molar-refractivity contribution is 5.62. The largest absolute Gasteiger partial charge is 0.497 e. The van der Waals surface area contributed by atoms with Crippen LogP contribution in [0.25, 0.3) is 33.8 Å². The van der Waals surface area contributed by atoms with E-state index in [2.05, 4.69) is 39.0 Å². The lowest BCUT2D eigenvalue weighted by atomic mass is 10.1. The molecule has 3 aromatic heterocycles. The number of nitrogens with zero attached hydrogens (tertiary/aromatic N) is 6. The van der Waals surface area contributed by atoms with E-state index in [1.165, 1.54) is 0 Å². The maximum Gasteiger partial charge on any atom is 0.238 e. The Labute approximate surface area is 250 Å². The fourth-order valence-electron chi connectivity index (χ4n) is 5.18. The predicted molar refractivity (Wildman–Crippen MR) is 167 cm³/mol. The molecule has 0 fully saturated rings. The van der Waals surface area contributed by atoms with E-state index >= 15 is 0 Å². The third-order valence-corrected chi connectivity index (χ3v) is 7.58. The molecule has 0 N–H and O–H groups in total. The summed E-state index contributed by atoms with van der Waals surface area (Å²) in [4.78, 5) is 0. The molecule has 0 amide bonds. The van der Waals surface area contributed by atoms with Gasteiger partial charge in [-0.3, -0.25) is 0 Å². The second-order valence-corrected chi connectivity index (χ2v) is 10.4. The van der Waals surface area contributed by atoms with Crippen LogP contribution in [0, 0.1) is 20.8 Å². The second kappa shape index (κ2) is 11.5. The summed E-state index contributed by atoms with van der Waals surface area (Å²) < 4.78 is 22.0. The van der Waals surface area contributed by atoms with Gasteiger partial charge in [0.05, 0.1) is 38.4 Å². The molecule has 3 aromatic carbocycles. The summed E-state index contributed by atoms with van der Waals surface area (Å²) in [6, 6.07) is 30.0. The van der Waals surface area contributed by atoms with E-state index < -0.39 is 6.29 Å². The zero-order valence-corrected chi connectivity index (χ0v) is 25.1. The molecule has 0 atom stereocenters. The van der Waals surface area contributed by atoms with Crippen LogP contribution in [0.3, 0.4) is 0 Å². The van der Waals surface area contributed by atoms with Crippen molar-refractivity contribution in [2.75, 3.05) is 21.3 Å². The second-order valence-electron chi connectivity index (χ2n) is 10.4. The van der Waals surface area contributed by atoms with Crippen molar-refractivity contribution < 1.29 is 14.2 Å². The molecule has 0 radical (unpaired) electrons. The zero-order valence-electron chi connectivity index (χ0n) is 25.1. The molecule has 9 heteroatoms. The normalized spacial score (nSPS) is 11.2. The number of aryl methyl sites for hydroxylation is 3. The average Bonchev–Trinajstić information content (AvgIpc) is 3.74. The van der Waals surface area contributed by atoms with E-state index in [1.807, 2.05) is 86.8 Å². The molecule has 0 saturated carbocycles. The first kappa shape index (κ1) is 27.8. The topological polar surface area (TPSA) is 81.2 Å². The summed E-state index contributed by atoms with van der Waals surface area (Å²) in [5.74, 6) is 2.40. The van der Waals surface area contributed by atoms with E-state index in [-0.39, 0.29) is 0 Å². The molecule has 0 bridgehead atoms. The minimum atomic E-state index is -0.494. The van der Waals surface area contributed by atoms with Crippen LogP contribution in [0.1, 0.15) is 23.4 Å². The molecule has 3 heterocycles. The highest BCUT2D eigenvalue weighted by atomic mass is 16.5. The van der Waals surface area contributed by atoms with E-state index in [9.17, 15) is 0 Å². The number of hydrogen-bond acceptors (Lipinski definition) is 6. The number of methoxy groups -OCH3 is 3. The molecule has 43 heavy (non-hydrogen) atoms. The van der Waals surface area contributed by atoms with E-state index in [0.717, 1.165) is 68.1 Å². The Morgan fingerprint density at radius 2 is 0.698 bits per heavy atom. The number of ether oxygens (including phenoxy) is 3. The Morgan fingerprint density at radius 1 is 0.442 bits per heavy atom. The Hall–Kier alpha value is -5.31. The van der Waals surface area contributed by atoms with Gasteiger partial charge < -0.3 is 14.2 Å². The summed E-state index contributed by atoms with van der Waals surface area (Å²) in [6.45, 7) is 6.17. The van der Waals surface area contributed by atoms with Crippen molar-refractivity contribution in [2.24, 2.45) is 0 Å². The molecule has 0 unspecified atom stereocenters. The van der Waals surface area contributed by atoms with Crippen molar-refractivity contribution in [3.05, 3.63) is 108 Å². The van der Waals surface area contributed by atoms with Crippen LogP contribution < -0.4 is 14.2 Å². The highest BCUT2D eigenvalue weighted by Gasteiger charge is 2.26. The van der Waals surface area contributed by atoms with Crippen molar-refractivity contribution in [1.82, 2.24) is 29.3 Å². The molecule has 0 spiro atoms. The van der Waals surface area contributed by atoms with E-state index in [1.54, 1.807) is 21.3 Å². The van der Waals surface area contributed by atoms with Gasteiger partial charge in [0.25, 0.3) is 0 Å². The Kier molecular flexibility index (Phi) is 7.46. The minimum absolute atomic E-state index is 0.494. The molecule has 9 nitrogen and oxygen atoms in total. The van der Waals surface area contributed by atoms with Crippen LogP contribution in [0.4, 0.5) is 0 Å². The first-order chi connectivity index (χ1) is 20.9. The number of rotatable bonds is 9. The average molecular weight is 575 g/mol. The van der Waals surface area contributed by atoms with Crippen molar-refractivity contribution in [2.45, 2.75) is 27.1 Å². The van der Waals surface area contributed by atoms with Crippen molar-refractivity contribution in [3.8, 4) is 51.0 Å². The maximum absolute atomic E-state index is 5.35. The summed E-state index contributed by atoms with van der Waals surface area (Å²) in [6.07, 6.45) is -0.494. The van der Waals surface area contributed by atoms with E-state index in [4.69, 9.17) is 29.5 Å². The van der Waals surface area contributed by atoms with Gasteiger partial charge in [0, 0.05) is 33.8 Å².